The van der Waals surface area contributed by atoms with E-state index in [9.17, 15) is 5.11 Å². The van der Waals surface area contributed by atoms with Gasteiger partial charge in [0.1, 0.15) is 0 Å². The maximum atomic E-state index is 9.65. The Hall–Kier alpha value is -0.420. The predicted octanol–water partition coefficient (Wildman–Crippen LogP) is 1.86. The minimum absolute atomic E-state index is 0.0297. The van der Waals surface area contributed by atoms with Crippen LogP contribution in [0.15, 0.2) is 28.7 Å². The van der Waals surface area contributed by atoms with Gasteiger partial charge in [-0.25, -0.2) is 0 Å². The van der Waals surface area contributed by atoms with Gasteiger partial charge >= 0.3 is 0 Å². The Morgan fingerprint density at radius 2 is 2.19 bits per heavy atom. The van der Waals surface area contributed by atoms with E-state index in [1.54, 1.807) is 0 Å². The lowest BCUT2D eigenvalue weighted by Gasteiger charge is -2.21. The minimum Gasteiger partial charge on any atom is -0.389 e. The number of ether oxygens (including phenoxy) is 1. The van der Waals surface area contributed by atoms with Gasteiger partial charge in [-0.15, -0.1) is 0 Å². The van der Waals surface area contributed by atoms with Crippen molar-refractivity contribution < 1.29 is 9.84 Å². The molecule has 0 aliphatic carbocycles. The Morgan fingerprint density at radius 3 is 2.81 bits per heavy atom. The van der Waals surface area contributed by atoms with Crippen molar-refractivity contribution in [1.29, 1.82) is 0 Å². The molecule has 0 radical (unpaired) electrons. The Labute approximate surface area is 104 Å². The Morgan fingerprint density at radius 1 is 1.44 bits per heavy atom. The minimum atomic E-state index is -0.398. The number of benzene rings is 1. The maximum Gasteiger partial charge on any atom is 0.0948 e. The second-order valence-corrected chi connectivity index (χ2v) is 4.98. The topological polar surface area (TPSA) is 41.5 Å². The number of nitrogens with one attached hydrogen (secondary N) is 1. The summed E-state index contributed by atoms with van der Waals surface area (Å²) in [4.78, 5) is 0. The molecule has 0 aromatic heterocycles. The molecule has 0 amide bonds. The van der Waals surface area contributed by atoms with Crippen LogP contribution in [-0.2, 0) is 4.74 Å². The van der Waals surface area contributed by atoms with Crippen LogP contribution in [0.5, 0.6) is 0 Å². The highest BCUT2D eigenvalue weighted by Gasteiger charge is 2.27. The van der Waals surface area contributed by atoms with Gasteiger partial charge in [0.05, 0.1) is 25.4 Å². The number of rotatable bonds is 3. The summed E-state index contributed by atoms with van der Waals surface area (Å²) in [6.45, 7) is 3.10. The first kappa shape index (κ1) is 12.0. The SMILES string of the molecule is CC(NC1COCC1O)c1ccccc1Br. The van der Waals surface area contributed by atoms with Crippen molar-refractivity contribution in [3.8, 4) is 0 Å². The van der Waals surface area contributed by atoms with Crippen molar-refractivity contribution in [2.75, 3.05) is 13.2 Å². The molecule has 1 fully saturated rings. The van der Waals surface area contributed by atoms with E-state index >= 15 is 0 Å². The molecule has 16 heavy (non-hydrogen) atoms. The van der Waals surface area contributed by atoms with E-state index in [0.29, 0.717) is 13.2 Å². The first-order valence-corrected chi connectivity index (χ1v) is 6.24. The highest BCUT2D eigenvalue weighted by atomic mass is 79.9. The van der Waals surface area contributed by atoms with Crippen LogP contribution < -0.4 is 5.32 Å². The Kier molecular flexibility index (Phi) is 3.97. The average Bonchev–Trinajstić information content (AvgIpc) is 2.65. The predicted molar refractivity (Wildman–Crippen MR) is 66.3 cm³/mol. The third-order valence-corrected chi connectivity index (χ3v) is 3.61. The van der Waals surface area contributed by atoms with Crippen LogP contribution in [0.2, 0.25) is 0 Å². The van der Waals surface area contributed by atoms with Gasteiger partial charge in [0.25, 0.3) is 0 Å². The molecule has 88 valence electrons. The molecule has 1 aliphatic heterocycles. The fraction of sp³-hybridized carbons (Fsp3) is 0.500. The van der Waals surface area contributed by atoms with Gasteiger partial charge < -0.3 is 15.2 Å². The van der Waals surface area contributed by atoms with E-state index in [-0.39, 0.29) is 12.1 Å². The van der Waals surface area contributed by atoms with Crippen molar-refractivity contribution in [1.82, 2.24) is 5.32 Å². The fourth-order valence-electron chi connectivity index (χ4n) is 1.94. The number of halogens is 1. The first-order valence-electron chi connectivity index (χ1n) is 5.45. The van der Waals surface area contributed by atoms with Crippen molar-refractivity contribution in [3.05, 3.63) is 34.3 Å². The van der Waals surface area contributed by atoms with Gasteiger partial charge in [-0.05, 0) is 18.6 Å². The van der Waals surface area contributed by atoms with Gasteiger partial charge in [-0.2, -0.15) is 0 Å². The van der Waals surface area contributed by atoms with Gasteiger partial charge in [-0.3, -0.25) is 0 Å². The molecular formula is C12H16BrNO2. The van der Waals surface area contributed by atoms with Crippen LogP contribution in [0, 0.1) is 0 Å². The third-order valence-electron chi connectivity index (χ3n) is 2.89. The zero-order valence-electron chi connectivity index (χ0n) is 9.19. The monoisotopic (exact) mass is 285 g/mol. The molecule has 1 aromatic carbocycles. The summed E-state index contributed by atoms with van der Waals surface area (Å²) in [6, 6.07) is 8.33. The number of hydrogen-bond donors (Lipinski definition) is 2. The molecule has 2 rings (SSSR count). The summed E-state index contributed by atoms with van der Waals surface area (Å²) < 4.78 is 6.30. The summed E-state index contributed by atoms with van der Waals surface area (Å²) in [5.74, 6) is 0. The van der Waals surface area contributed by atoms with E-state index < -0.39 is 6.10 Å². The van der Waals surface area contributed by atoms with E-state index in [0.717, 1.165) is 4.47 Å². The van der Waals surface area contributed by atoms with E-state index in [1.165, 1.54) is 5.56 Å². The zero-order valence-corrected chi connectivity index (χ0v) is 10.8. The largest absolute Gasteiger partial charge is 0.389 e. The normalized spacial score (nSPS) is 26.9. The maximum absolute atomic E-state index is 9.65. The smallest absolute Gasteiger partial charge is 0.0948 e. The molecular weight excluding hydrogens is 270 g/mol. The Bertz CT molecular complexity index is 359. The van der Waals surface area contributed by atoms with Crippen molar-refractivity contribution in [2.24, 2.45) is 0 Å². The van der Waals surface area contributed by atoms with Crippen LogP contribution in [0.4, 0.5) is 0 Å². The van der Waals surface area contributed by atoms with Crippen molar-refractivity contribution >= 4 is 15.9 Å². The van der Waals surface area contributed by atoms with Crippen LogP contribution in [-0.4, -0.2) is 30.5 Å². The summed E-state index contributed by atoms with van der Waals surface area (Å²) in [6.07, 6.45) is -0.398. The van der Waals surface area contributed by atoms with Crippen molar-refractivity contribution in [2.45, 2.75) is 25.1 Å². The second kappa shape index (κ2) is 5.27. The lowest BCUT2D eigenvalue weighted by Crippen LogP contribution is -2.40. The van der Waals surface area contributed by atoms with Crippen LogP contribution in [0.3, 0.4) is 0 Å². The summed E-state index contributed by atoms with van der Waals surface area (Å²) in [5.41, 5.74) is 1.20. The number of aliphatic hydroxyl groups is 1. The lowest BCUT2D eigenvalue weighted by atomic mass is 10.1. The third kappa shape index (κ3) is 2.63. The fourth-order valence-corrected chi connectivity index (χ4v) is 2.57. The van der Waals surface area contributed by atoms with Crippen LogP contribution in [0.25, 0.3) is 0 Å². The van der Waals surface area contributed by atoms with Crippen LogP contribution >= 0.6 is 15.9 Å². The molecule has 0 bridgehead atoms. The molecule has 1 aliphatic rings. The quantitative estimate of drug-likeness (QED) is 0.891. The molecule has 3 nitrogen and oxygen atoms in total. The highest BCUT2D eigenvalue weighted by molar-refractivity contribution is 9.10. The highest BCUT2D eigenvalue weighted by Crippen LogP contribution is 2.23. The second-order valence-electron chi connectivity index (χ2n) is 4.12. The standard InChI is InChI=1S/C12H16BrNO2/c1-8(9-4-2-3-5-10(9)13)14-11-6-16-7-12(11)15/h2-5,8,11-12,14-15H,6-7H2,1H3. The molecule has 3 unspecified atom stereocenters. The van der Waals surface area contributed by atoms with Crippen molar-refractivity contribution in [3.63, 3.8) is 0 Å². The zero-order chi connectivity index (χ0) is 11.5. The summed E-state index contributed by atoms with van der Waals surface area (Å²) >= 11 is 3.53. The number of aliphatic hydroxyl groups excluding tert-OH is 1. The molecule has 1 saturated heterocycles. The van der Waals surface area contributed by atoms with E-state index in [2.05, 4.69) is 34.2 Å². The first-order chi connectivity index (χ1) is 7.68. The van der Waals surface area contributed by atoms with Gasteiger partial charge in [-0.1, -0.05) is 34.1 Å². The molecule has 1 aromatic rings. The molecule has 0 saturated carbocycles. The van der Waals surface area contributed by atoms with E-state index in [1.807, 2.05) is 18.2 Å². The molecule has 0 spiro atoms. The molecule has 4 heteroatoms. The average molecular weight is 286 g/mol. The van der Waals surface area contributed by atoms with Gasteiger partial charge in [0, 0.05) is 10.5 Å². The number of hydrogen-bond acceptors (Lipinski definition) is 3. The molecule has 1 heterocycles. The summed E-state index contributed by atoms with van der Waals surface area (Å²) in [5, 5.41) is 13.0. The lowest BCUT2D eigenvalue weighted by molar-refractivity contribution is 0.121. The van der Waals surface area contributed by atoms with E-state index in [4.69, 9.17) is 4.74 Å². The van der Waals surface area contributed by atoms with Gasteiger partial charge in [0.2, 0.25) is 0 Å². The molecule has 3 atom stereocenters. The summed E-state index contributed by atoms with van der Waals surface area (Å²) in [7, 11) is 0. The van der Waals surface area contributed by atoms with Gasteiger partial charge in [0.15, 0.2) is 0 Å². The van der Waals surface area contributed by atoms with Crippen LogP contribution in [0.1, 0.15) is 18.5 Å². The Balaban J connectivity index is 2.03. The molecule has 2 N–H and O–H groups in total.